The topological polar surface area (TPSA) is 102 Å². The lowest BCUT2D eigenvalue weighted by Gasteiger charge is -2.36. The Kier molecular flexibility index (Phi) is 5.85. The summed E-state index contributed by atoms with van der Waals surface area (Å²) in [5.74, 6) is -1.96. The first-order chi connectivity index (χ1) is 12.2. The van der Waals surface area contributed by atoms with Gasteiger partial charge in [0.1, 0.15) is 11.7 Å². The van der Waals surface area contributed by atoms with Crippen LogP contribution in [0.5, 0.6) is 0 Å². The van der Waals surface area contributed by atoms with Crippen LogP contribution in [-0.2, 0) is 14.3 Å². The van der Waals surface area contributed by atoms with Crippen LogP contribution in [0.3, 0.4) is 0 Å². The highest BCUT2D eigenvalue weighted by Gasteiger charge is 2.47. The number of aliphatic hydroxyl groups excluding tert-OH is 1. The summed E-state index contributed by atoms with van der Waals surface area (Å²) in [5, 5.41) is 10.8. The van der Waals surface area contributed by atoms with Gasteiger partial charge in [-0.15, -0.1) is 0 Å². The van der Waals surface area contributed by atoms with Crippen LogP contribution in [0.15, 0.2) is 40.6 Å². The van der Waals surface area contributed by atoms with E-state index in [-0.39, 0.29) is 23.5 Å². The summed E-state index contributed by atoms with van der Waals surface area (Å²) in [6.45, 7) is 5.49. The number of hydrogen-bond donors (Lipinski definition) is 2. The van der Waals surface area contributed by atoms with Crippen LogP contribution < -0.4 is 5.73 Å². The van der Waals surface area contributed by atoms with Crippen LogP contribution in [0, 0.1) is 11.3 Å². The Morgan fingerprint density at radius 1 is 1.38 bits per heavy atom. The quantitative estimate of drug-likeness (QED) is 0.474. The number of anilines is 1. The fourth-order valence-corrected chi connectivity index (χ4v) is 3.33. The number of aliphatic hydroxyl groups is 1. The molecule has 0 heterocycles. The van der Waals surface area contributed by atoms with E-state index in [1.165, 1.54) is 7.11 Å². The fraction of sp³-hybridized carbons (Fsp3) is 0.450. The van der Waals surface area contributed by atoms with Crippen LogP contribution in [0.2, 0.25) is 0 Å². The van der Waals surface area contributed by atoms with Crippen molar-refractivity contribution in [2.24, 2.45) is 16.3 Å². The molecule has 0 radical (unpaired) electrons. The van der Waals surface area contributed by atoms with Gasteiger partial charge in [0.05, 0.1) is 29.8 Å². The molecule has 1 aromatic carbocycles. The molecular weight excluding hydrogens is 332 g/mol. The SMILES string of the molecule is CCCC(=Nc1ccccc1N)C1=C(O)[C@@H](C(=O)OC)C(C)(C)CC1=O. The smallest absolute Gasteiger partial charge is 0.316 e. The molecule has 0 spiro atoms. The van der Waals surface area contributed by atoms with Crippen LogP contribution in [0.25, 0.3) is 0 Å². The molecule has 6 heteroatoms. The number of Topliss-reactive ketones (excluding diaryl/α,β-unsaturated/α-hetero) is 1. The van der Waals surface area contributed by atoms with Crippen LogP contribution in [-0.4, -0.2) is 29.7 Å². The van der Waals surface area contributed by atoms with Crippen molar-refractivity contribution in [1.29, 1.82) is 0 Å². The first-order valence-corrected chi connectivity index (χ1v) is 8.69. The largest absolute Gasteiger partial charge is 0.511 e. The summed E-state index contributed by atoms with van der Waals surface area (Å²) >= 11 is 0. The molecule has 0 amide bonds. The highest BCUT2D eigenvalue weighted by molar-refractivity contribution is 6.24. The number of nitrogens with zero attached hydrogens (tertiary/aromatic N) is 1. The minimum absolute atomic E-state index is 0.116. The molecule has 6 nitrogen and oxygen atoms in total. The summed E-state index contributed by atoms with van der Waals surface area (Å²) in [6, 6.07) is 7.07. The minimum atomic E-state index is -0.907. The van der Waals surface area contributed by atoms with E-state index in [2.05, 4.69) is 4.99 Å². The monoisotopic (exact) mass is 358 g/mol. The second-order valence-corrected chi connectivity index (χ2v) is 7.17. The van der Waals surface area contributed by atoms with E-state index in [1.54, 1.807) is 38.1 Å². The standard InChI is InChI=1S/C20H26N2O4/c1-5-8-14(22-13-10-7-6-9-12(13)21)16-15(23)11-20(2,3)17(18(16)24)19(25)26-4/h6-7,9-10,17,24H,5,8,11,21H2,1-4H3/t17-/m0/s1. The van der Waals surface area contributed by atoms with Gasteiger partial charge in [0, 0.05) is 6.42 Å². The number of rotatable bonds is 5. The fourth-order valence-electron chi connectivity index (χ4n) is 3.33. The number of methoxy groups -OCH3 is 1. The number of hydrogen-bond acceptors (Lipinski definition) is 6. The average molecular weight is 358 g/mol. The van der Waals surface area contributed by atoms with Gasteiger partial charge in [-0.05, 0) is 24.0 Å². The predicted molar refractivity (Wildman–Crippen MR) is 101 cm³/mol. The Morgan fingerprint density at radius 2 is 2.04 bits per heavy atom. The third-order valence-electron chi connectivity index (χ3n) is 4.61. The zero-order valence-electron chi connectivity index (χ0n) is 15.7. The molecule has 1 aromatic rings. The number of ether oxygens (including phenoxy) is 1. The number of aliphatic imine (C=N–C) groups is 1. The van der Waals surface area contributed by atoms with Gasteiger partial charge in [0.2, 0.25) is 0 Å². The van der Waals surface area contributed by atoms with Crippen molar-refractivity contribution < 1.29 is 19.4 Å². The van der Waals surface area contributed by atoms with Crippen molar-refractivity contribution in [3.05, 3.63) is 35.6 Å². The molecule has 1 atom stereocenters. The van der Waals surface area contributed by atoms with Gasteiger partial charge in [-0.25, -0.2) is 0 Å². The van der Waals surface area contributed by atoms with Gasteiger partial charge < -0.3 is 15.6 Å². The molecule has 2 rings (SSSR count). The van der Waals surface area contributed by atoms with Gasteiger partial charge in [-0.2, -0.15) is 0 Å². The van der Waals surface area contributed by atoms with Gasteiger partial charge in [-0.1, -0.05) is 39.3 Å². The Morgan fingerprint density at radius 3 is 2.62 bits per heavy atom. The van der Waals surface area contributed by atoms with E-state index in [0.29, 0.717) is 23.5 Å². The maximum atomic E-state index is 12.8. The molecule has 0 fully saturated rings. The van der Waals surface area contributed by atoms with E-state index in [9.17, 15) is 14.7 Å². The molecule has 0 unspecified atom stereocenters. The van der Waals surface area contributed by atoms with Gasteiger partial charge in [0.15, 0.2) is 5.78 Å². The highest BCUT2D eigenvalue weighted by atomic mass is 16.5. The van der Waals surface area contributed by atoms with Crippen LogP contribution in [0.4, 0.5) is 11.4 Å². The van der Waals surface area contributed by atoms with Crippen LogP contribution in [0.1, 0.15) is 40.0 Å². The summed E-state index contributed by atoms with van der Waals surface area (Å²) in [4.78, 5) is 29.6. The second kappa shape index (κ2) is 7.72. The zero-order valence-corrected chi connectivity index (χ0v) is 15.7. The maximum Gasteiger partial charge on any atom is 0.316 e. The highest BCUT2D eigenvalue weighted by Crippen LogP contribution is 2.43. The van der Waals surface area contributed by atoms with E-state index in [4.69, 9.17) is 10.5 Å². The lowest BCUT2D eigenvalue weighted by atomic mass is 9.67. The number of para-hydroxylation sites is 2. The number of benzene rings is 1. The van der Waals surface area contributed by atoms with Gasteiger partial charge in [0.25, 0.3) is 0 Å². The van der Waals surface area contributed by atoms with Crippen molar-refractivity contribution in [3.63, 3.8) is 0 Å². The molecule has 1 aliphatic rings. The third-order valence-corrected chi connectivity index (χ3v) is 4.61. The van der Waals surface area contributed by atoms with E-state index >= 15 is 0 Å². The number of carbonyl (C=O) groups is 2. The summed E-state index contributed by atoms with van der Waals surface area (Å²) < 4.78 is 4.85. The third kappa shape index (κ3) is 3.79. The molecule has 1 aliphatic carbocycles. The van der Waals surface area contributed by atoms with Gasteiger partial charge in [-0.3, -0.25) is 14.6 Å². The first-order valence-electron chi connectivity index (χ1n) is 8.69. The summed E-state index contributed by atoms with van der Waals surface area (Å²) in [6.07, 6.45) is 1.33. The predicted octanol–water partition coefficient (Wildman–Crippen LogP) is 3.74. The molecular formula is C20H26N2O4. The van der Waals surface area contributed by atoms with Crippen molar-refractivity contribution in [2.45, 2.75) is 40.0 Å². The number of ketones is 1. The van der Waals surface area contributed by atoms with E-state index < -0.39 is 17.3 Å². The molecule has 3 N–H and O–H groups in total. The second-order valence-electron chi connectivity index (χ2n) is 7.17. The lowest BCUT2D eigenvalue weighted by molar-refractivity contribution is -0.150. The van der Waals surface area contributed by atoms with Crippen LogP contribution >= 0.6 is 0 Å². The number of nitrogen functional groups attached to an aromatic ring is 1. The average Bonchev–Trinajstić information content (AvgIpc) is 2.55. The molecule has 0 aromatic heterocycles. The van der Waals surface area contributed by atoms with Crippen molar-refractivity contribution >= 4 is 28.8 Å². The minimum Gasteiger partial charge on any atom is -0.511 e. The summed E-state index contributed by atoms with van der Waals surface area (Å²) in [5.41, 5.74) is 6.79. The Balaban J connectivity index is 2.64. The maximum absolute atomic E-state index is 12.8. The molecule has 0 aliphatic heterocycles. The van der Waals surface area contributed by atoms with Crippen molar-refractivity contribution in [3.8, 4) is 0 Å². The molecule has 0 saturated heterocycles. The molecule has 0 bridgehead atoms. The van der Waals surface area contributed by atoms with Gasteiger partial charge >= 0.3 is 5.97 Å². The normalized spacial score (nSPS) is 20.2. The number of nitrogens with two attached hydrogens (primary N) is 1. The van der Waals surface area contributed by atoms with E-state index in [1.807, 2.05) is 6.92 Å². The molecule has 140 valence electrons. The summed E-state index contributed by atoms with van der Waals surface area (Å²) in [7, 11) is 1.27. The van der Waals surface area contributed by atoms with Crippen molar-refractivity contribution in [2.75, 3.05) is 12.8 Å². The number of carbonyl (C=O) groups excluding carboxylic acids is 2. The Bertz CT molecular complexity index is 778. The molecule has 0 saturated carbocycles. The van der Waals surface area contributed by atoms with E-state index in [0.717, 1.165) is 6.42 Å². The van der Waals surface area contributed by atoms with Crippen molar-refractivity contribution in [1.82, 2.24) is 0 Å². The molecule has 26 heavy (non-hydrogen) atoms. The number of esters is 1. The Labute approximate surface area is 153 Å². The first kappa shape index (κ1) is 19.7. The zero-order chi connectivity index (χ0) is 19.5. The lowest BCUT2D eigenvalue weighted by Crippen LogP contribution is -2.41. The number of allylic oxidation sites excluding steroid dienone is 1. The Hall–Kier alpha value is -2.63.